The van der Waals surface area contributed by atoms with Crippen molar-refractivity contribution in [1.29, 1.82) is 0 Å². The van der Waals surface area contributed by atoms with E-state index in [2.05, 4.69) is 44.8 Å². The molecule has 2 aliphatic rings. The van der Waals surface area contributed by atoms with Crippen LogP contribution in [-0.4, -0.2) is 65.2 Å². The topological polar surface area (TPSA) is 61.9 Å². The Morgan fingerprint density at radius 3 is 2.42 bits per heavy atom. The van der Waals surface area contributed by atoms with E-state index >= 15 is 0 Å². The highest BCUT2D eigenvalue weighted by atomic mass is 16.6. The van der Waals surface area contributed by atoms with Gasteiger partial charge in [0.2, 0.25) is 5.91 Å². The summed E-state index contributed by atoms with van der Waals surface area (Å²) in [5.41, 5.74) is -0.509. The molecule has 0 saturated carbocycles. The molecule has 0 aromatic heterocycles. The minimum Gasteiger partial charge on any atom is -0.441 e. The van der Waals surface area contributed by atoms with Crippen LogP contribution in [-0.2, 0) is 9.53 Å². The van der Waals surface area contributed by atoms with Crippen molar-refractivity contribution in [3.05, 3.63) is 0 Å². The molecule has 2 saturated heterocycles. The number of nitrogens with zero attached hydrogens (tertiary/aromatic N) is 2. The predicted molar refractivity (Wildman–Crippen MR) is 103 cm³/mol. The van der Waals surface area contributed by atoms with Crippen LogP contribution >= 0.6 is 0 Å². The van der Waals surface area contributed by atoms with Crippen molar-refractivity contribution in [2.75, 3.05) is 26.2 Å². The molecule has 0 unspecified atom stereocenters. The van der Waals surface area contributed by atoms with Crippen LogP contribution in [0.4, 0.5) is 4.79 Å². The smallest absolute Gasteiger partial charge is 0.410 e. The molecule has 2 rings (SSSR count). The zero-order chi connectivity index (χ0) is 19.5. The summed E-state index contributed by atoms with van der Waals surface area (Å²) in [6.45, 7) is 15.7. The lowest BCUT2D eigenvalue weighted by Crippen LogP contribution is -2.52. The van der Waals surface area contributed by atoms with Gasteiger partial charge in [-0.3, -0.25) is 4.79 Å². The molecular formula is C20H37N3O3. The normalized spacial score (nSPS) is 22.0. The first-order chi connectivity index (χ1) is 12.0. The lowest BCUT2D eigenvalue weighted by Gasteiger charge is -2.42. The Bertz CT molecular complexity index is 510. The van der Waals surface area contributed by atoms with Crippen molar-refractivity contribution in [2.24, 2.45) is 5.92 Å². The van der Waals surface area contributed by atoms with Gasteiger partial charge >= 0.3 is 6.09 Å². The van der Waals surface area contributed by atoms with Gasteiger partial charge in [-0.05, 0) is 39.5 Å². The number of carbonyl (C=O) groups is 2. The van der Waals surface area contributed by atoms with Crippen LogP contribution in [0, 0.1) is 5.92 Å². The second-order valence-corrected chi connectivity index (χ2v) is 9.31. The number of nitrogens with one attached hydrogen (secondary N) is 1. The molecule has 2 aliphatic heterocycles. The number of likely N-dealkylation sites (tertiary alicyclic amines) is 1. The summed E-state index contributed by atoms with van der Waals surface area (Å²) in [5, 5.41) is 3.03. The summed E-state index contributed by atoms with van der Waals surface area (Å²) >= 11 is 0. The minimum absolute atomic E-state index is 0.0131. The monoisotopic (exact) mass is 367 g/mol. The second kappa shape index (κ2) is 8.15. The second-order valence-electron chi connectivity index (χ2n) is 9.31. The Morgan fingerprint density at radius 1 is 1.27 bits per heavy atom. The molecular weight excluding hydrogens is 330 g/mol. The van der Waals surface area contributed by atoms with E-state index in [1.54, 1.807) is 6.92 Å². The molecule has 0 aromatic carbocycles. The number of carbonyl (C=O) groups excluding carboxylic acids is 2. The number of rotatable bonds is 7. The van der Waals surface area contributed by atoms with E-state index in [1.807, 2.05) is 4.90 Å². The summed E-state index contributed by atoms with van der Waals surface area (Å²) in [6.07, 6.45) is 3.56. The summed E-state index contributed by atoms with van der Waals surface area (Å²) in [5.74, 6) is 0.605. The van der Waals surface area contributed by atoms with Gasteiger partial charge in [0, 0.05) is 51.0 Å². The standard InChI is InChI=1S/C20H37N3O3/c1-15(2)7-10-23-14-20(26-18(23)25)8-11-22(12-9-20)16(3)13-19(5,6)21-17(4)24/h15-16H,7-14H2,1-6H3,(H,21,24)/t16-/m0/s1. The highest BCUT2D eigenvalue weighted by Gasteiger charge is 2.47. The number of hydrogen-bond acceptors (Lipinski definition) is 4. The molecule has 2 heterocycles. The highest BCUT2D eigenvalue weighted by Crippen LogP contribution is 2.34. The molecule has 26 heavy (non-hydrogen) atoms. The van der Waals surface area contributed by atoms with E-state index in [9.17, 15) is 9.59 Å². The molecule has 2 fully saturated rings. The van der Waals surface area contributed by atoms with Gasteiger partial charge in [0.15, 0.2) is 0 Å². The Balaban J connectivity index is 1.85. The van der Waals surface area contributed by atoms with Gasteiger partial charge in [-0.25, -0.2) is 4.79 Å². The predicted octanol–water partition coefficient (Wildman–Crippen LogP) is 3.01. The van der Waals surface area contributed by atoms with Crippen LogP contribution in [0.5, 0.6) is 0 Å². The first kappa shape index (κ1) is 21.0. The molecule has 2 amide bonds. The third kappa shape index (κ3) is 5.60. The fourth-order valence-corrected chi connectivity index (χ4v) is 4.31. The first-order valence-electron chi connectivity index (χ1n) is 10.0. The van der Waals surface area contributed by atoms with Gasteiger partial charge in [-0.1, -0.05) is 13.8 Å². The van der Waals surface area contributed by atoms with E-state index in [4.69, 9.17) is 4.74 Å². The van der Waals surface area contributed by atoms with E-state index in [0.29, 0.717) is 12.0 Å². The number of hydrogen-bond donors (Lipinski definition) is 1. The minimum atomic E-state index is -0.294. The molecule has 6 nitrogen and oxygen atoms in total. The Morgan fingerprint density at radius 2 is 1.88 bits per heavy atom. The molecule has 0 aliphatic carbocycles. The third-order valence-electron chi connectivity index (χ3n) is 5.67. The lowest BCUT2D eigenvalue weighted by atomic mass is 9.88. The van der Waals surface area contributed by atoms with Crippen molar-refractivity contribution < 1.29 is 14.3 Å². The van der Waals surface area contributed by atoms with E-state index in [-0.39, 0.29) is 23.1 Å². The first-order valence-corrected chi connectivity index (χ1v) is 10.0. The number of piperidine rings is 1. The molecule has 1 N–H and O–H groups in total. The largest absolute Gasteiger partial charge is 0.441 e. The molecule has 0 radical (unpaired) electrons. The average Bonchev–Trinajstić information content (AvgIpc) is 2.79. The Kier molecular flexibility index (Phi) is 6.59. The van der Waals surface area contributed by atoms with E-state index < -0.39 is 0 Å². The maximum absolute atomic E-state index is 12.2. The van der Waals surface area contributed by atoms with Crippen LogP contribution < -0.4 is 5.32 Å². The number of amides is 2. The van der Waals surface area contributed by atoms with Crippen molar-refractivity contribution in [1.82, 2.24) is 15.1 Å². The van der Waals surface area contributed by atoms with Crippen LogP contribution in [0.3, 0.4) is 0 Å². The van der Waals surface area contributed by atoms with Crippen LogP contribution in [0.15, 0.2) is 0 Å². The fourth-order valence-electron chi connectivity index (χ4n) is 4.31. The van der Waals surface area contributed by atoms with Gasteiger partial charge in [0.1, 0.15) is 5.60 Å². The van der Waals surface area contributed by atoms with Gasteiger partial charge in [0.05, 0.1) is 6.54 Å². The molecule has 0 aromatic rings. The molecule has 0 bridgehead atoms. The van der Waals surface area contributed by atoms with Gasteiger partial charge in [-0.15, -0.1) is 0 Å². The van der Waals surface area contributed by atoms with Crippen molar-refractivity contribution in [3.8, 4) is 0 Å². The van der Waals surface area contributed by atoms with Gasteiger partial charge < -0.3 is 19.9 Å². The lowest BCUT2D eigenvalue weighted by molar-refractivity contribution is -0.120. The molecule has 1 spiro atoms. The summed E-state index contributed by atoms with van der Waals surface area (Å²) in [6, 6.07) is 0.378. The maximum Gasteiger partial charge on any atom is 0.410 e. The molecule has 150 valence electrons. The van der Waals surface area contributed by atoms with Crippen LogP contribution in [0.1, 0.15) is 67.2 Å². The summed E-state index contributed by atoms with van der Waals surface area (Å²) < 4.78 is 5.82. The molecule has 6 heteroatoms. The average molecular weight is 368 g/mol. The van der Waals surface area contributed by atoms with Gasteiger partial charge in [-0.2, -0.15) is 0 Å². The van der Waals surface area contributed by atoms with Gasteiger partial charge in [0.25, 0.3) is 0 Å². The Labute approximate surface area is 158 Å². The van der Waals surface area contributed by atoms with Crippen molar-refractivity contribution in [3.63, 3.8) is 0 Å². The summed E-state index contributed by atoms with van der Waals surface area (Å²) in [7, 11) is 0. The fraction of sp³-hybridized carbons (Fsp3) is 0.900. The molecule has 1 atom stereocenters. The van der Waals surface area contributed by atoms with Crippen LogP contribution in [0.2, 0.25) is 0 Å². The SMILES string of the molecule is CC(=O)NC(C)(C)C[C@H](C)N1CCC2(CC1)CN(CCC(C)C)C(=O)O2. The van der Waals surface area contributed by atoms with Crippen molar-refractivity contribution >= 4 is 12.0 Å². The number of ether oxygens (including phenoxy) is 1. The highest BCUT2D eigenvalue weighted by molar-refractivity contribution is 5.73. The zero-order valence-corrected chi connectivity index (χ0v) is 17.4. The summed E-state index contributed by atoms with van der Waals surface area (Å²) in [4.78, 5) is 27.9. The maximum atomic E-state index is 12.2. The zero-order valence-electron chi connectivity index (χ0n) is 17.4. The van der Waals surface area contributed by atoms with Crippen LogP contribution in [0.25, 0.3) is 0 Å². The van der Waals surface area contributed by atoms with E-state index in [1.165, 1.54) is 0 Å². The van der Waals surface area contributed by atoms with Crippen molar-refractivity contribution in [2.45, 2.75) is 84.4 Å². The third-order valence-corrected chi connectivity index (χ3v) is 5.67. The Hall–Kier alpha value is -1.30. The quantitative estimate of drug-likeness (QED) is 0.751. The van der Waals surface area contributed by atoms with E-state index in [0.717, 1.165) is 51.9 Å².